The van der Waals surface area contributed by atoms with Crippen molar-refractivity contribution in [3.8, 4) is 11.1 Å². The zero-order valence-electron chi connectivity index (χ0n) is 15.3. The molecule has 0 spiro atoms. The van der Waals surface area contributed by atoms with Crippen molar-refractivity contribution in [2.45, 2.75) is 0 Å². The van der Waals surface area contributed by atoms with Crippen molar-refractivity contribution in [3.63, 3.8) is 0 Å². The summed E-state index contributed by atoms with van der Waals surface area (Å²) in [5, 5.41) is 0.539. The zero-order chi connectivity index (χ0) is 20.6. The molecule has 2 aromatic heterocycles. The van der Waals surface area contributed by atoms with Crippen molar-refractivity contribution in [1.29, 1.82) is 0 Å². The molecule has 29 heavy (non-hydrogen) atoms. The third kappa shape index (κ3) is 3.74. The van der Waals surface area contributed by atoms with Gasteiger partial charge in [-0.15, -0.1) is 0 Å². The number of sulfonamides is 1. The summed E-state index contributed by atoms with van der Waals surface area (Å²) in [5.41, 5.74) is 2.49. The van der Waals surface area contributed by atoms with E-state index >= 15 is 0 Å². The summed E-state index contributed by atoms with van der Waals surface area (Å²) in [6.07, 6.45) is 4.17. The number of fused-ring (bicyclic) bond motifs is 1. The van der Waals surface area contributed by atoms with Crippen LogP contribution >= 0.6 is 0 Å². The number of halogens is 1. The largest absolute Gasteiger partial charge is 0.345 e. The van der Waals surface area contributed by atoms with E-state index in [-0.39, 0.29) is 11.1 Å². The van der Waals surface area contributed by atoms with Crippen LogP contribution in [0.5, 0.6) is 0 Å². The van der Waals surface area contributed by atoms with Gasteiger partial charge >= 0.3 is 0 Å². The molecule has 2 heterocycles. The molecule has 0 saturated heterocycles. The number of ketones is 1. The van der Waals surface area contributed by atoms with Crippen LogP contribution in [-0.4, -0.2) is 30.4 Å². The van der Waals surface area contributed by atoms with E-state index in [2.05, 4.69) is 14.7 Å². The normalized spacial score (nSPS) is 11.5. The van der Waals surface area contributed by atoms with E-state index in [4.69, 9.17) is 0 Å². The quantitative estimate of drug-likeness (QED) is 0.488. The maximum absolute atomic E-state index is 14.2. The highest BCUT2D eigenvalue weighted by Crippen LogP contribution is 2.32. The van der Waals surface area contributed by atoms with Crippen molar-refractivity contribution in [2.75, 3.05) is 11.0 Å². The molecule has 4 aromatic rings. The summed E-state index contributed by atoms with van der Waals surface area (Å²) in [5.74, 6) is -1.06. The number of anilines is 1. The number of H-pyrrole nitrogens is 1. The average Bonchev–Trinajstić information content (AvgIpc) is 3.11. The highest BCUT2D eigenvalue weighted by atomic mass is 32.2. The molecular formula is C21H16FN3O3S. The van der Waals surface area contributed by atoms with E-state index in [1.807, 2.05) is 0 Å². The maximum Gasteiger partial charge on any atom is 0.229 e. The predicted molar refractivity (Wildman–Crippen MR) is 110 cm³/mol. The molecule has 0 aliphatic rings. The molecule has 4 rings (SSSR count). The summed E-state index contributed by atoms with van der Waals surface area (Å²) < 4.78 is 39.7. The number of aromatic amines is 1. The lowest BCUT2D eigenvalue weighted by molar-refractivity contribution is 0.103. The van der Waals surface area contributed by atoms with Gasteiger partial charge < -0.3 is 4.98 Å². The van der Waals surface area contributed by atoms with Crippen LogP contribution < -0.4 is 4.72 Å². The van der Waals surface area contributed by atoms with Crippen molar-refractivity contribution in [2.24, 2.45) is 0 Å². The second-order valence-corrected chi connectivity index (χ2v) is 8.30. The first-order valence-electron chi connectivity index (χ1n) is 8.67. The van der Waals surface area contributed by atoms with Gasteiger partial charge in [0.2, 0.25) is 10.0 Å². The highest BCUT2D eigenvalue weighted by Gasteiger charge is 2.20. The third-order valence-corrected chi connectivity index (χ3v) is 5.02. The molecule has 0 radical (unpaired) electrons. The van der Waals surface area contributed by atoms with Gasteiger partial charge in [0.25, 0.3) is 0 Å². The van der Waals surface area contributed by atoms with E-state index in [9.17, 15) is 17.6 Å². The molecule has 0 aliphatic heterocycles. The minimum absolute atomic E-state index is 0.0318. The number of aromatic nitrogens is 2. The second kappa shape index (κ2) is 7.14. The van der Waals surface area contributed by atoms with Crippen molar-refractivity contribution in [1.82, 2.24) is 9.97 Å². The van der Waals surface area contributed by atoms with Gasteiger partial charge in [-0.1, -0.05) is 24.3 Å². The van der Waals surface area contributed by atoms with E-state index in [0.29, 0.717) is 27.8 Å². The first kappa shape index (κ1) is 18.8. The molecule has 8 heteroatoms. The van der Waals surface area contributed by atoms with Crippen LogP contribution in [0.2, 0.25) is 0 Å². The van der Waals surface area contributed by atoms with Gasteiger partial charge in [0, 0.05) is 23.5 Å². The van der Waals surface area contributed by atoms with Gasteiger partial charge in [0.05, 0.1) is 17.4 Å². The molecule has 2 N–H and O–H groups in total. The summed E-state index contributed by atoms with van der Waals surface area (Å²) in [4.78, 5) is 20.2. The van der Waals surface area contributed by atoms with E-state index in [1.165, 1.54) is 24.4 Å². The SMILES string of the molecule is CS(=O)(=O)Nc1cccc(-c2ccnc3[nH]cc(C(=O)c4ccccc4F)c23)c1. The Bertz CT molecular complexity index is 1350. The number of rotatable bonds is 5. The summed E-state index contributed by atoms with van der Waals surface area (Å²) >= 11 is 0. The third-order valence-electron chi connectivity index (χ3n) is 4.41. The Morgan fingerprint density at radius 3 is 2.62 bits per heavy atom. The van der Waals surface area contributed by atoms with Crippen LogP contribution in [-0.2, 0) is 10.0 Å². The number of carbonyl (C=O) groups excluding carboxylic acids is 1. The first-order chi connectivity index (χ1) is 13.8. The standard InChI is InChI=1S/C21H16FN3O3S/c1-29(27,28)25-14-6-4-5-13(11-14)15-9-10-23-21-19(15)17(12-24-21)20(26)16-7-2-3-8-18(16)22/h2-12,25H,1H3,(H,23,24). The minimum Gasteiger partial charge on any atom is -0.345 e. The van der Waals surface area contributed by atoms with Crippen molar-refractivity contribution < 1.29 is 17.6 Å². The lowest BCUT2D eigenvalue weighted by Crippen LogP contribution is -2.09. The van der Waals surface area contributed by atoms with Crippen LogP contribution in [0.1, 0.15) is 15.9 Å². The first-order valence-corrected chi connectivity index (χ1v) is 10.6. The van der Waals surface area contributed by atoms with Crippen LogP contribution in [0.25, 0.3) is 22.2 Å². The molecule has 0 amide bonds. The van der Waals surface area contributed by atoms with Crippen LogP contribution in [0.3, 0.4) is 0 Å². The van der Waals surface area contributed by atoms with Crippen LogP contribution in [0.15, 0.2) is 67.0 Å². The number of benzene rings is 2. The van der Waals surface area contributed by atoms with Crippen LogP contribution in [0.4, 0.5) is 10.1 Å². The summed E-state index contributed by atoms with van der Waals surface area (Å²) in [6.45, 7) is 0. The smallest absolute Gasteiger partial charge is 0.229 e. The molecule has 0 fully saturated rings. The summed E-state index contributed by atoms with van der Waals surface area (Å²) in [6, 6.07) is 14.3. The number of nitrogens with zero attached hydrogens (tertiary/aromatic N) is 1. The molecule has 0 unspecified atom stereocenters. The molecule has 6 nitrogen and oxygen atoms in total. The molecule has 2 aromatic carbocycles. The van der Waals surface area contributed by atoms with Crippen molar-refractivity contribution in [3.05, 3.63) is 83.9 Å². The predicted octanol–water partition coefficient (Wildman–Crippen LogP) is 3.97. The average molecular weight is 409 g/mol. The number of pyridine rings is 1. The van der Waals surface area contributed by atoms with E-state index in [0.717, 1.165) is 6.26 Å². The van der Waals surface area contributed by atoms with Gasteiger partial charge in [-0.25, -0.2) is 17.8 Å². The number of hydrogen-bond acceptors (Lipinski definition) is 4. The molecule has 0 atom stereocenters. The maximum atomic E-state index is 14.2. The van der Waals surface area contributed by atoms with E-state index < -0.39 is 21.6 Å². The fourth-order valence-corrected chi connectivity index (χ4v) is 3.79. The molecule has 0 bridgehead atoms. The Hall–Kier alpha value is -3.52. The topological polar surface area (TPSA) is 91.9 Å². The highest BCUT2D eigenvalue weighted by molar-refractivity contribution is 7.92. The number of carbonyl (C=O) groups is 1. The lowest BCUT2D eigenvalue weighted by Gasteiger charge is -2.09. The van der Waals surface area contributed by atoms with Crippen LogP contribution in [0, 0.1) is 5.82 Å². The molecule has 146 valence electrons. The van der Waals surface area contributed by atoms with Gasteiger partial charge in [0.1, 0.15) is 11.5 Å². The molecular weight excluding hydrogens is 393 g/mol. The Morgan fingerprint density at radius 2 is 1.86 bits per heavy atom. The number of hydrogen-bond donors (Lipinski definition) is 2. The number of nitrogens with one attached hydrogen (secondary N) is 2. The van der Waals surface area contributed by atoms with Gasteiger partial charge in [0.15, 0.2) is 5.78 Å². The van der Waals surface area contributed by atoms with Crippen molar-refractivity contribution >= 4 is 32.5 Å². The van der Waals surface area contributed by atoms with E-state index in [1.54, 1.807) is 42.6 Å². The Labute approximate surface area is 166 Å². The molecule has 0 saturated carbocycles. The van der Waals surface area contributed by atoms with Gasteiger partial charge in [-0.2, -0.15) is 0 Å². The zero-order valence-corrected chi connectivity index (χ0v) is 16.1. The molecule has 0 aliphatic carbocycles. The monoisotopic (exact) mass is 409 g/mol. The fourth-order valence-electron chi connectivity index (χ4n) is 3.23. The Kier molecular flexibility index (Phi) is 4.63. The minimum atomic E-state index is -3.43. The lowest BCUT2D eigenvalue weighted by atomic mass is 9.97. The second-order valence-electron chi connectivity index (χ2n) is 6.55. The van der Waals surface area contributed by atoms with Gasteiger partial charge in [-0.05, 0) is 41.5 Å². The Morgan fingerprint density at radius 1 is 1.07 bits per heavy atom. The van der Waals surface area contributed by atoms with Gasteiger partial charge in [-0.3, -0.25) is 9.52 Å². The summed E-state index contributed by atoms with van der Waals surface area (Å²) in [7, 11) is -3.43. The fraction of sp³-hybridized carbons (Fsp3) is 0.0476. The Balaban J connectivity index is 1.88.